The second-order valence-corrected chi connectivity index (χ2v) is 4.58. The van der Waals surface area contributed by atoms with Gasteiger partial charge in [0.2, 0.25) is 5.91 Å². The van der Waals surface area contributed by atoms with Crippen LogP contribution in [0.3, 0.4) is 0 Å². The van der Waals surface area contributed by atoms with Gasteiger partial charge in [-0.05, 0) is 18.6 Å². The molecule has 6 heteroatoms. The summed E-state index contributed by atoms with van der Waals surface area (Å²) < 4.78 is 27.4. The average molecular weight is 265 g/mol. The number of piperidine rings is 1. The van der Waals surface area contributed by atoms with Crippen molar-refractivity contribution in [3.8, 4) is 6.07 Å². The van der Waals surface area contributed by atoms with Crippen molar-refractivity contribution in [2.45, 2.75) is 18.9 Å². The number of likely N-dealkylation sites (tertiary alicyclic amines) is 1. The van der Waals surface area contributed by atoms with Crippen LogP contribution in [-0.2, 0) is 4.79 Å². The number of carbonyl (C=O) groups excluding carboxylic acids is 1. The highest BCUT2D eigenvalue weighted by Gasteiger charge is 2.24. The number of halogens is 2. The lowest BCUT2D eigenvalue weighted by molar-refractivity contribution is -0.132. The van der Waals surface area contributed by atoms with Crippen molar-refractivity contribution >= 4 is 11.6 Å². The monoisotopic (exact) mass is 265 g/mol. The van der Waals surface area contributed by atoms with Crippen LogP contribution in [-0.4, -0.2) is 30.4 Å². The molecule has 0 aliphatic carbocycles. The minimum Gasteiger partial charge on any atom is -0.376 e. The van der Waals surface area contributed by atoms with Crippen LogP contribution in [0.1, 0.15) is 18.4 Å². The second-order valence-electron chi connectivity index (χ2n) is 4.58. The van der Waals surface area contributed by atoms with E-state index in [1.54, 1.807) is 13.1 Å². The molecule has 0 spiro atoms. The number of rotatable bonds is 2. The van der Waals surface area contributed by atoms with Crippen molar-refractivity contribution in [2.24, 2.45) is 0 Å². The Bertz CT molecular complexity index is 530. The van der Waals surface area contributed by atoms with Crippen LogP contribution in [0.25, 0.3) is 0 Å². The largest absolute Gasteiger partial charge is 0.376 e. The number of likely N-dealkylation sites (N-methyl/N-ethyl adjacent to an activating group) is 1. The fourth-order valence-corrected chi connectivity index (χ4v) is 2.11. The summed E-state index contributed by atoms with van der Waals surface area (Å²) in [6, 6.07) is 3.48. The van der Waals surface area contributed by atoms with Crippen molar-refractivity contribution < 1.29 is 13.6 Å². The predicted molar refractivity (Wildman–Crippen MR) is 65.4 cm³/mol. The third kappa shape index (κ3) is 2.81. The lowest BCUT2D eigenvalue weighted by atomic mass is 10.0. The molecule has 2 rings (SSSR count). The van der Waals surface area contributed by atoms with Crippen LogP contribution in [0.4, 0.5) is 14.5 Å². The summed E-state index contributed by atoms with van der Waals surface area (Å²) in [4.78, 5) is 12.9. The molecular formula is C13H13F2N3O. The molecule has 1 aromatic rings. The summed E-state index contributed by atoms with van der Waals surface area (Å²) in [5.41, 5.74) is -0.303. The summed E-state index contributed by atoms with van der Waals surface area (Å²) in [6.45, 7) is 0.401. The van der Waals surface area contributed by atoms with Crippen LogP contribution in [0.2, 0.25) is 0 Å². The zero-order valence-corrected chi connectivity index (χ0v) is 10.4. The van der Waals surface area contributed by atoms with Crippen molar-refractivity contribution in [3.05, 3.63) is 29.3 Å². The van der Waals surface area contributed by atoms with Gasteiger partial charge in [-0.15, -0.1) is 0 Å². The highest BCUT2D eigenvalue weighted by Crippen LogP contribution is 2.23. The molecule has 1 aromatic carbocycles. The molecule has 1 N–H and O–H groups in total. The minimum absolute atomic E-state index is 0.0267. The minimum atomic E-state index is -0.795. The van der Waals surface area contributed by atoms with Gasteiger partial charge in [-0.25, -0.2) is 8.78 Å². The average Bonchev–Trinajstić information content (AvgIpc) is 2.37. The van der Waals surface area contributed by atoms with Crippen molar-refractivity contribution in [1.82, 2.24) is 4.90 Å². The molecule has 1 aliphatic heterocycles. The third-order valence-corrected chi connectivity index (χ3v) is 3.15. The lowest BCUT2D eigenvalue weighted by Gasteiger charge is -2.31. The quantitative estimate of drug-likeness (QED) is 0.888. The Balaban J connectivity index is 2.16. The summed E-state index contributed by atoms with van der Waals surface area (Å²) in [7, 11) is 1.65. The van der Waals surface area contributed by atoms with Gasteiger partial charge in [0.05, 0.1) is 11.6 Å². The molecule has 100 valence electrons. The van der Waals surface area contributed by atoms with E-state index in [2.05, 4.69) is 5.32 Å². The smallest absolute Gasteiger partial charge is 0.222 e. The molecule has 1 atom stereocenters. The van der Waals surface area contributed by atoms with Gasteiger partial charge in [0.25, 0.3) is 0 Å². The van der Waals surface area contributed by atoms with Gasteiger partial charge in [0, 0.05) is 26.1 Å². The molecule has 0 saturated carbocycles. The molecule has 1 aliphatic rings. The maximum absolute atomic E-state index is 13.7. The molecule has 4 nitrogen and oxygen atoms in total. The first-order valence-corrected chi connectivity index (χ1v) is 5.91. The van der Waals surface area contributed by atoms with Crippen LogP contribution in [0.15, 0.2) is 12.1 Å². The second kappa shape index (κ2) is 5.22. The number of nitrogens with zero attached hydrogens (tertiary/aromatic N) is 2. The Morgan fingerprint density at radius 3 is 2.58 bits per heavy atom. The van der Waals surface area contributed by atoms with Crippen LogP contribution in [0, 0.1) is 23.0 Å². The predicted octanol–water partition coefficient (Wildman–Crippen LogP) is 1.87. The summed E-state index contributed by atoms with van der Waals surface area (Å²) in [5, 5.41) is 11.4. The Hall–Kier alpha value is -2.16. The number of hydrogen-bond acceptors (Lipinski definition) is 3. The van der Waals surface area contributed by atoms with Crippen molar-refractivity contribution in [2.75, 3.05) is 18.9 Å². The first-order valence-electron chi connectivity index (χ1n) is 5.91. The van der Waals surface area contributed by atoms with Crippen LogP contribution in [0.5, 0.6) is 0 Å². The van der Waals surface area contributed by atoms with Crippen molar-refractivity contribution in [3.63, 3.8) is 0 Å². The van der Waals surface area contributed by atoms with Gasteiger partial charge in [-0.2, -0.15) is 5.26 Å². The SMILES string of the molecule is CN1C[C@@H](Nc2c(F)cc(C#N)cc2F)CCC1=O. The van der Waals surface area contributed by atoms with Crippen LogP contribution < -0.4 is 5.32 Å². The van der Waals surface area contributed by atoms with Gasteiger partial charge in [0.15, 0.2) is 11.6 Å². The van der Waals surface area contributed by atoms with E-state index in [1.807, 2.05) is 0 Å². The van der Waals surface area contributed by atoms with Crippen LogP contribution >= 0.6 is 0 Å². The number of amides is 1. The standard InChI is InChI=1S/C13H13F2N3O/c1-18-7-9(2-3-12(18)19)17-13-10(14)4-8(6-16)5-11(13)15/h4-5,9,17H,2-3,7H2,1H3/t9-/m0/s1. The topological polar surface area (TPSA) is 56.1 Å². The summed E-state index contributed by atoms with van der Waals surface area (Å²) in [5.74, 6) is -1.56. The number of nitrogens with one attached hydrogen (secondary N) is 1. The molecular weight excluding hydrogens is 252 g/mol. The zero-order valence-electron chi connectivity index (χ0n) is 10.4. The molecule has 0 unspecified atom stereocenters. The highest BCUT2D eigenvalue weighted by atomic mass is 19.1. The number of anilines is 1. The van der Waals surface area contributed by atoms with E-state index in [0.29, 0.717) is 19.4 Å². The van der Waals surface area contributed by atoms with E-state index < -0.39 is 11.6 Å². The van der Waals surface area contributed by atoms with E-state index >= 15 is 0 Å². The molecule has 0 radical (unpaired) electrons. The fraction of sp³-hybridized carbons (Fsp3) is 0.385. The van der Waals surface area contributed by atoms with E-state index in [1.165, 1.54) is 4.90 Å². The number of nitriles is 1. The maximum atomic E-state index is 13.7. The molecule has 0 aromatic heterocycles. The molecule has 1 heterocycles. The van der Waals surface area contributed by atoms with Gasteiger partial charge in [0.1, 0.15) is 5.69 Å². The van der Waals surface area contributed by atoms with E-state index in [0.717, 1.165) is 12.1 Å². The van der Waals surface area contributed by atoms with Gasteiger partial charge in [-0.1, -0.05) is 0 Å². The Labute approximate surface area is 109 Å². The third-order valence-electron chi connectivity index (χ3n) is 3.15. The van der Waals surface area contributed by atoms with Gasteiger partial charge < -0.3 is 10.2 Å². The molecule has 1 saturated heterocycles. The fourth-order valence-electron chi connectivity index (χ4n) is 2.11. The maximum Gasteiger partial charge on any atom is 0.222 e. The summed E-state index contributed by atoms with van der Waals surface area (Å²) in [6.07, 6.45) is 0.885. The number of hydrogen-bond donors (Lipinski definition) is 1. The summed E-state index contributed by atoms with van der Waals surface area (Å²) >= 11 is 0. The first kappa shape index (κ1) is 13.3. The zero-order chi connectivity index (χ0) is 14.0. The van der Waals surface area contributed by atoms with Gasteiger partial charge in [-0.3, -0.25) is 4.79 Å². The Morgan fingerprint density at radius 1 is 1.42 bits per heavy atom. The van der Waals surface area contributed by atoms with E-state index in [9.17, 15) is 13.6 Å². The Kier molecular flexibility index (Phi) is 3.65. The normalized spacial score (nSPS) is 19.2. The van der Waals surface area contributed by atoms with Gasteiger partial charge >= 0.3 is 0 Å². The van der Waals surface area contributed by atoms with E-state index in [-0.39, 0.29) is 23.2 Å². The molecule has 1 amide bonds. The van der Waals surface area contributed by atoms with E-state index in [4.69, 9.17) is 5.26 Å². The Morgan fingerprint density at radius 2 is 2.05 bits per heavy atom. The molecule has 0 bridgehead atoms. The number of carbonyl (C=O) groups is 1. The molecule has 1 fully saturated rings. The first-order chi connectivity index (χ1) is 9.01. The lowest BCUT2D eigenvalue weighted by Crippen LogP contribution is -2.43. The number of benzene rings is 1. The van der Waals surface area contributed by atoms with Crippen molar-refractivity contribution in [1.29, 1.82) is 5.26 Å². The highest BCUT2D eigenvalue weighted by molar-refractivity contribution is 5.77. The molecule has 19 heavy (non-hydrogen) atoms.